The van der Waals surface area contributed by atoms with Crippen molar-refractivity contribution in [3.05, 3.63) is 64.1 Å². The number of halogens is 2. The van der Waals surface area contributed by atoms with Crippen LogP contribution >= 0.6 is 23.2 Å². The summed E-state index contributed by atoms with van der Waals surface area (Å²) in [7, 11) is 0. The van der Waals surface area contributed by atoms with E-state index in [4.69, 9.17) is 28.3 Å². The van der Waals surface area contributed by atoms with Crippen molar-refractivity contribution in [1.29, 1.82) is 0 Å². The molecule has 0 atom stereocenters. The zero-order chi connectivity index (χ0) is 16.2. The molecule has 1 aliphatic heterocycles. The molecule has 0 saturated carbocycles. The molecule has 0 bridgehead atoms. The fraction of sp³-hybridized carbons (Fsp3) is 0.278. The maximum atomic E-state index is 5.95. The lowest BCUT2D eigenvalue weighted by Crippen LogP contribution is -2.44. The third-order valence-corrected chi connectivity index (χ3v) is 4.51. The Morgan fingerprint density at radius 1 is 0.826 bits per heavy atom. The molecule has 0 aliphatic carbocycles. The number of hydrogen-bond acceptors (Lipinski definition) is 3. The monoisotopic (exact) mass is 347 g/mol. The second kappa shape index (κ2) is 7.24. The molecule has 2 aromatic rings. The van der Waals surface area contributed by atoms with Gasteiger partial charge in [0.2, 0.25) is 0 Å². The van der Waals surface area contributed by atoms with Gasteiger partial charge in [0, 0.05) is 28.8 Å². The van der Waals surface area contributed by atoms with Crippen molar-refractivity contribution >= 4 is 34.6 Å². The summed E-state index contributed by atoms with van der Waals surface area (Å²) in [6.45, 7) is 5.77. The van der Waals surface area contributed by atoms with Crippen LogP contribution in [0, 0.1) is 0 Å². The standard InChI is InChI=1S/C18H19Cl2N3/c1-14(15-2-4-16(19)5-3-15)21-23-12-10-22(11-13-23)18-8-6-17(20)7-9-18/h2-9H,10-13H2,1H3. The van der Waals surface area contributed by atoms with Gasteiger partial charge >= 0.3 is 0 Å². The fourth-order valence-electron chi connectivity index (χ4n) is 2.67. The predicted octanol–water partition coefficient (Wildman–Crippen LogP) is 4.54. The zero-order valence-corrected chi connectivity index (χ0v) is 14.6. The van der Waals surface area contributed by atoms with Crippen LogP contribution in [0.15, 0.2) is 53.6 Å². The Bertz CT molecular complexity index is 672. The van der Waals surface area contributed by atoms with Crippen molar-refractivity contribution in [2.75, 3.05) is 31.1 Å². The molecule has 1 aliphatic rings. The van der Waals surface area contributed by atoms with Crippen molar-refractivity contribution in [3.63, 3.8) is 0 Å². The number of hydrazone groups is 1. The summed E-state index contributed by atoms with van der Waals surface area (Å²) in [5.41, 5.74) is 3.34. The van der Waals surface area contributed by atoms with Crippen LogP contribution in [-0.4, -0.2) is 36.9 Å². The lowest BCUT2D eigenvalue weighted by atomic mass is 10.1. The molecule has 0 N–H and O–H groups in total. The number of anilines is 1. The third kappa shape index (κ3) is 4.18. The summed E-state index contributed by atoms with van der Waals surface area (Å²) in [6.07, 6.45) is 0. The summed E-state index contributed by atoms with van der Waals surface area (Å²) < 4.78 is 0. The van der Waals surface area contributed by atoms with E-state index < -0.39 is 0 Å². The Balaban J connectivity index is 1.61. The van der Waals surface area contributed by atoms with Gasteiger partial charge in [-0.15, -0.1) is 0 Å². The van der Waals surface area contributed by atoms with Crippen LogP contribution in [0.5, 0.6) is 0 Å². The highest BCUT2D eigenvalue weighted by atomic mass is 35.5. The Morgan fingerprint density at radius 3 is 1.91 bits per heavy atom. The Kier molecular flexibility index (Phi) is 5.09. The molecule has 23 heavy (non-hydrogen) atoms. The van der Waals surface area contributed by atoms with Crippen molar-refractivity contribution in [2.45, 2.75) is 6.92 Å². The lowest BCUT2D eigenvalue weighted by molar-refractivity contribution is 0.270. The molecule has 0 aromatic heterocycles. The first-order valence-electron chi connectivity index (χ1n) is 7.68. The Morgan fingerprint density at radius 2 is 1.35 bits per heavy atom. The minimum atomic E-state index is 0.748. The van der Waals surface area contributed by atoms with Crippen molar-refractivity contribution < 1.29 is 0 Å². The van der Waals surface area contributed by atoms with E-state index in [1.54, 1.807) is 0 Å². The van der Waals surface area contributed by atoms with Crippen LogP contribution in [0.1, 0.15) is 12.5 Å². The van der Waals surface area contributed by atoms with Crippen molar-refractivity contribution in [1.82, 2.24) is 5.01 Å². The van der Waals surface area contributed by atoms with Crippen LogP contribution in [-0.2, 0) is 0 Å². The SMILES string of the molecule is CC(=NN1CCN(c2ccc(Cl)cc2)CC1)c1ccc(Cl)cc1. The molecule has 0 amide bonds. The van der Waals surface area contributed by atoms with Crippen LogP contribution in [0.3, 0.4) is 0 Å². The van der Waals surface area contributed by atoms with E-state index in [0.717, 1.165) is 47.5 Å². The van der Waals surface area contributed by atoms with Gasteiger partial charge in [0.05, 0.1) is 18.8 Å². The fourth-order valence-corrected chi connectivity index (χ4v) is 2.92. The molecular formula is C18H19Cl2N3. The highest BCUT2D eigenvalue weighted by molar-refractivity contribution is 6.30. The Hall–Kier alpha value is -1.71. The second-order valence-electron chi connectivity index (χ2n) is 5.61. The molecule has 5 heteroatoms. The molecule has 1 saturated heterocycles. The van der Waals surface area contributed by atoms with E-state index in [1.807, 2.05) is 43.3 Å². The van der Waals surface area contributed by atoms with Crippen LogP contribution < -0.4 is 4.90 Å². The maximum absolute atomic E-state index is 5.95. The normalized spacial score (nSPS) is 15.9. The molecule has 3 nitrogen and oxygen atoms in total. The van der Waals surface area contributed by atoms with Gasteiger partial charge in [-0.2, -0.15) is 5.10 Å². The summed E-state index contributed by atoms with van der Waals surface area (Å²) >= 11 is 11.9. The Labute approximate surface area is 147 Å². The van der Waals surface area contributed by atoms with Gasteiger partial charge in [-0.3, -0.25) is 5.01 Å². The number of rotatable bonds is 3. The molecular weight excluding hydrogens is 329 g/mol. The van der Waals surface area contributed by atoms with Gasteiger partial charge in [0.25, 0.3) is 0 Å². The average molecular weight is 348 g/mol. The van der Waals surface area contributed by atoms with Crippen molar-refractivity contribution in [2.24, 2.45) is 5.10 Å². The first-order chi connectivity index (χ1) is 11.1. The van der Waals surface area contributed by atoms with E-state index in [9.17, 15) is 0 Å². The summed E-state index contributed by atoms with van der Waals surface area (Å²) in [4.78, 5) is 2.36. The number of nitrogens with zero attached hydrogens (tertiary/aromatic N) is 3. The van der Waals surface area contributed by atoms with E-state index in [1.165, 1.54) is 5.69 Å². The quantitative estimate of drug-likeness (QED) is 0.759. The first-order valence-corrected chi connectivity index (χ1v) is 8.44. The molecule has 1 fully saturated rings. The third-order valence-electron chi connectivity index (χ3n) is 4.00. The van der Waals surface area contributed by atoms with E-state index in [-0.39, 0.29) is 0 Å². The van der Waals surface area contributed by atoms with Gasteiger partial charge in [-0.05, 0) is 48.9 Å². The summed E-state index contributed by atoms with van der Waals surface area (Å²) in [5.74, 6) is 0. The number of piperazine rings is 1. The molecule has 2 aromatic carbocycles. The second-order valence-corrected chi connectivity index (χ2v) is 6.48. The van der Waals surface area contributed by atoms with E-state index >= 15 is 0 Å². The van der Waals surface area contributed by atoms with Crippen LogP contribution in [0.2, 0.25) is 10.0 Å². The summed E-state index contributed by atoms with van der Waals surface area (Å²) in [6, 6.07) is 15.8. The van der Waals surface area contributed by atoms with Gasteiger partial charge < -0.3 is 4.90 Å². The van der Waals surface area contributed by atoms with Gasteiger partial charge in [-0.1, -0.05) is 35.3 Å². The van der Waals surface area contributed by atoms with Gasteiger partial charge in [0.1, 0.15) is 0 Å². The van der Waals surface area contributed by atoms with E-state index in [0.29, 0.717) is 0 Å². The molecule has 0 unspecified atom stereocenters. The van der Waals surface area contributed by atoms with Crippen LogP contribution in [0.4, 0.5) is 5.69 Å². The van der Waals surface area contributed by atoms with Crippen LogP contribution in [0.25, 0.3) is 0 Å². The first kappa shape index (κ1) is 16.2. The highest BCUT2D eigenvalue weighted by Crippen LogP contribution is 2.19. The van der Waals surface area contributed by atoms with Crippen molar-refractivity contribution in [3.8, 4) is 0 Å². The molecule has 3 rings (SSSR count). The minimum Gasteiger partial charge on any atom is -0.368 e. The smallest absolute Gasteiger partial charge is 0.0646 e. The van der Waals surface area contributed by atoms with E-state index in [2.05, 4.69) is 22.0 Å². The average Bonchev–Trinajstić information content (AvgIpc) is 2.57. The largest absolute Gasteiger partial charge is 0.368 e. The lowest BCUT2D eigenvalue weighted by Gasteiger charge is -2.35. The summed E-state index contributed by atoms with van der Waals surface area (Å²) in [5, 5.41) is 8.39. The predicted molar refractivity (Wildman–Crippen MR) is 98.9 cm³/mol. The highest BCUT2D eigenvalue weighted by Gasteiger charge is 2.16. The minimum absolute atomic E-state index is 0.748. The maximum Gasteiger partial charge on any atom is 0.0646 e. The molecule has 0 spiro atoms. The molecule has 120 valence electrons. The zero-order valence-electron chi connectivity index (χ0n) is 13.0. The topological polar surface area (TPSA) is 18.8 Å². The number of hydrogen-bond donors (Lipinski definition) is 0. The number of benzene rings is 2. The molecule has 0 radical (unpaired) electrons. The van der Waals surface area contributed by atoms with Gasteiger partial charge in [0.15, 0.2) is 0 Å². The molecule has 1 heterocycles. The van der Waals surface area contributed by atoms with Gasteiger partial charge in [-0.25, -0.2) is 0 Å².